The van der Waals surface area contributed by atoms with Gasteiger partial charge in [0.2, 0.25) is 5.91 Å². The molecule has 29 heavy (non-hydrogen) atoms. The van der Waals surface area contributed by atoms with Crippen molar-refractivity contribution in [3.05, 3.63) is 0 Å². The van der Waals surface area contributed by atoms with Gasteiger partial charge in [-0.25, -0.2) is 0 Å². The Morgan fingerprint density at radius 2 is 1.07 bits per heavy atom. The summed E-state index contributed by atoms with van der Waals surface area (Å²) in [6, 6.07) is 0. The third-order valence-electron chi connectivity index (χ3n) is 7.70. The Bertz CT molecular complexity index is 377. The maximum atomic E-state index is 13.1. The molecule has 1 amide bonds. The lowest BCUT2D eigenvalue weighted by Crippen LogP contribution is -2.41. The van der Waals surface area contributed by atoms with E-state index in [1.54, 1.807) is 0 Å². The third-order valence-corrected chi connectivity index (χ3v) is 7.70. The van der Waals surface area contributed by atoms with Crippen LogP contribution >= 0.6 is 0 Å². The summed E-state index contributed by atoms with van der Waals surface area (Å²) in [6.45, 7) is 3.19. The van der Waals surface area contributed by atoms with E-state index in [1.165, 1.54) is 135 Å². The summed E-state index contributed by atoms with van der Waals surface area (Å²) in [5, 5.41) is 3.37. The van der Waals surface area contributed by atoms with Gasteiger partial charge in [-0.15, -0.1) is 0 Å². The van der Waals surface area contributed by atoms with Crippen LogP contribution in [0.5, 0.6) is 0 Å². The van der Waals surface area contributed by atoms with Crippen molar-refractivity contribution in [3.8, 4) is 0 Å². The molecule has 2 aliphatic rings. The molecule has 2 nitrogen and oxygen atoms in total. The highest BCUT2D eigenvalue weighted by atomic mass is 16.1. The molecule has 0 radical (unpaired) electrons. The van der Waals surface area contributed by atoms with Crippen LogP contribution in [0.15, 0.2) is 0 Å². The Hall–Kier alpha value is -0.530. The Labute approximate surface area is 182 Å². The molecule has 2 fully saturated rings. The molecule has 0 aromatic rings. The van der Waals surface area contributed by atoms with Crippen LogP contribution in [-0.2, 0) is 4.79 Å². The first-order chi connectivity index (χ1) is 14.3. The number of amides is 1. The predicted molar refractivity (Wildman–Crippen MR) is 126 cm³/mol. The van der Waals surface area contributed by atoms with Crippen LogP contribution in [-0.4, -0.2) is 12.5 Å². The summed E-state index contributed by atoms with van der Waals surface area (Å²) in [5.74, 6) is 2.08. The van der Waals surface area contributed by atoms with Crippen molar-refractivity contribution in [2.75, 3.05) is 6.54 Å². The van der Waals surface area contributed by atoms with Crippen LogP contribution in [0.4, 0.5) is 0 Å². The minimum absolute atomic E-state index is 0.323. The van der Waals surface area contributed by atoms with Crippen molar-refractivity contribution in [2.45, 2.75) is 142 Å². The first-order valence-corrected chi connectivity index (χ1v) is 13.6. The van der Waals surface area contributed by atoms with Crippen molar-refractivity contribution in [1.82, 2.24) is 5.32 Å². The van der Waals surface area contributed by atoms with E-state index in [2.05, 4.69) is 12.2 Å². The fourth-order valence-corrected chi connectivity index (χ4v) is 5.92. The lowest BCUT2D eigenvalue weighted by Gasteiger charge is -2.36. The van der Waals surface area contributed by atoms with E-state index in [1.807, 2.05) is 0 Å². The Balaban J connectivity index is 1.55. The van der Waals surface area contributed by atoms with Gasteiger partial charge in [0.15, 0.2) is 0 Å². The second kappa shape index (κ2) is 16.2. The molecule has 0 bridgehead atoms. The number of carbonyl (C=O) groups is 1. The average Bonchev–Trinajstić information content (AvgIpc) is 2.76. The number of hydrogen-bond acceptors (Lipinski definition) is 1. The van der Waals surface area contributed by atoms with E-state index in [0.717, 1.165) is 6.54 Å². The molecular weight excluding hydrogens is 354 g/mol. The van der Waals surface area contributed by atoms with E-state index in [9.17, 15) is 4.79 Å². The molecule has 0 aromatic heterocycles. The highest BCUT2D eigenvalue weighted by molar-refractivity contribution is 5.79. The Morgan fingerprint density at radius 3 is 1.52 bits per heavy atom. The van der Waals surface area contributed by atoms with Gasteiger partial charge in [0, 0.05) is 12.5 Å². The fourth-order valence-electron chi connectivity index (χ4n) is 5.92. The minimum atomic E-state index is 0.323. The monoisotopic (exact) mass is 405 g/mol. The number of unbranched alkanes of at least 4 members (excludes halogenated alkanes) is 10. The molecule has 0 unspecified atom stereocenters. The summed E-state index contributed by atoms with van der Waals surface area (Å²) in [4.78, 5) is 13.1. The summed E-state index contributed by atoms with van der Waals surface area (Å²) in [5.41, 5.74) is 0. The first-order valence-electron chi connectivity index (χ1n) is 13.6. The SMILES string of the molecule is CCCCCCCCCCCCCNC(=O)C(C1CCCCC1)C1CCCCC1. The summed E-state index contributed by atoms with van der Waals surface area (Å²) in [7, 11) is 0. The minimum Gasteiger partial charge on any atom is -0.356 e. The second-order valence-corrected chi connectivity index (χ2v) is 10.1. The molecule has 0 saturated heterocycles. The maximum absolute atomic E-state index is 13.1. The number of carbonyl (C=O) groups excluding carboxylic acids is 1. The second-order valence-electron chi connectivity index (χ2n) is 10.1. The van der Waals surface area contributed by atoms with Crippen LogP contribution in [0.1, 0.15) is 142 Å². The zero-order valence-corrected chi connectivity index (χ0v) is 19.7. The van der Waals surface area contributed by atoms with Crippen LogP contribution < -0.4 is 5.32 Å². The molecule has 170 valence electrons. The maximum Gasteiger partial charge on any atom is 0.223 e. The van der Waals surface area contributed by atoms with E-state index >= 15 is 0 Å². The van der Waals surface area contributed by atoms with Crippen molar-refractivity contribution < 1.29 is 4.79 Å². The largest absolute Gasteiger partial charge is 0.356 e. The topological polar surface area (TPSA) is 29.1 Å². The van der Waals surface area contributed by atoms with E-state index in [-0.39, 0.29) is 0 Å². The van der Waals surface area contributed by atoms with Gasteiger partial charge in [-0.3, -0.25) is 4.79 Å². The van der Waals surface area contributed by atoms with E-state index in [0.29, 0.717) is 23.7 Å². The van der Waals surface area contributed by atoms with Crippen LogP contribution in [0.3, 0.4) is 0 Å². The first kappa shape index (κ1) is 24.7. The molecule has 0 spiro atoms. The van der Waals surface area contributed by atoms with Gasteiger partial charge in [0.1, 0.15) is 0 Å². The van der Waals surface area contributed by atoms with Gasteiger partial charge in [-0.2, -0.15) is 0 Å². The smallest absolute Gasteiger partial charge is 0.223 e. The predicted octanol–water partition coefficient (Wildman–Crippen LogP) is 8.19. The number of nitrogens with one attached hydrogen (secondary N) is 1. The molecule has 0 aromatic carbocycles. The van der Waals surface area contributed by atoms with Gasteiger partial charge >= 0.3 is 0 Å². The molecule has 2 saturated carbocycles. The van der Waals surface area contributed by atoms with Gasteiger partial charge in [-0.1, -0.05) is 110 Å². The van der Waals surface area contributed by atoms with Gasteiger partial charge in [0.25, 0.3) is 0 Å². The van der Waals surface area contributed by atoms with Crippen molar-refractivity contribution in [3.63, 3.8) is 0 Å². The van der Waals surface area contributed by atoms with Gasteiger partial charge < -0.3 is 5.32 Å². The molecule has 2 rings (SSSR count). The molecule has 1 N–H and O–H groups in total. The molecule has 0 aliphatic heterocycles. The van der Waals surface area contributed by atoms with Gasteiger partial charge in [-0.05, 0) is 43.9 Å². The van der Waals surface area contributed by atoms with Crippen molar-refractivity contribution in [1.29, 1.82) is 0 Å². The fraction of sp³-hybridized carbons (Fsp3) is 0.963. The standard InChI is InChI=1S/C27H51NO/c1-2-3-4-5-6-7-8-9-10-11-18-23-28-27(29)26(24-19-14-12-15-20-24)25-21-16-13-17-22-25/h24-26H,2-23H2,1H3,(H,28,29). The van der Waals surface area contributed by atoms with Gasteiger partial charge in [0.05, 0.1) is 0 Å². The lowest BCUT2D eigenvalue weighted by atomic mass is 9.69. The quantitative estimate of drug-likeness (QED) is 0.273. The summed E-state index contributed by atoms with van der Waals surface area (Å²) >= 11 is 0. The summed E-state index contributed by atoms with van der Waals surface area (Å²) < 4.78 is 0. The lowest BCUT2D eigenvalue weighted by molar-refractivity contribution is -0.130. The average molecular weight is 406 g/mol. The normalized spacial score (nSPS) is 19.0. The van der Waals surface area contributed by atoms with E-state index < -0.39 is 0 Å². The molecule has 0 atom stereocenters. The third kappa shape index (κ3) is 10.4. The highest BCUT2D eigenvalue weighted by Crippen LogP contribution is 2.40. The summed E-state index contributed by atoms with van der Waals surface area (Å²) in [6.07, 6.45) is 28.4. The highest BCUT2D eigenvalue weighted by Gasteiger charge is 2.36. The van der Waals surface area contributed by atoms with Crippen molar-refractivity contribution in [2.24, 2.45) is 17.8 Å². The van der Waals surface area contributed by atoms with Crippen LogP contribution in [0.2, 0.25) is 0 Å². The zero-order chi connectivity index (χ0) is 20.6. The molecule has 0 heterocycles. The Kier molecular flexibility index (Phi) is 13.8. The molecule has 2 heteroatoms. The van der Waals surface area contributed by atoms with E-state index in [4.69, 9.17) is 0 Å². The zero-order valence-electron chi connectivity index (χ0n) is 19.7. The number of hydrogen-bond donors (Lipinski definition) is 1. The van der Waals surface area contributed by atoms with Crippen LogP contribution in [0, 0.1) is 17.8 Å². The Morgan fingerprint density at radius 1 is 0.655 bits per heavy atom. The molecular formula is C27H51NO. The van der Waals surface area contributed by atoms with Crippen molar-refractivity contribution >= 4 is 5.91 Å². The van der Waals surface area contributed by atoms with Crippen LogP contribution in [0.25, 0.3) is 0 Å². The number of rotatable bonds is 15. The molecule has 2 aliphatic carbocycles.